The fourth-order valence-electron chi connectivity index (χ4n) is 2.85. The molecular weight excluding hydrogens is 328 g/mol. The average molecular weight is 346 g/mol. The van der Waals surface area contributed by atoms with Crippen molar-refractivity contribution in [1.82, 2.24) is 14.4 Å². The standard InChI is InChI=1S/C20H18N4O2/c1-25-16-10-9-15(13-17(16)26-2)22-19-18(14-7-4-3-5-8-14)23-20-21-11-6-12-24(19)20/h3-13,22H,1-2H3. The maximum absolute atomic E-state index is 5.40. The summed E-state index contributed by atoms with van der Waals surface area (Å²) in [7, 11) is 3.24. The van der Waals surface area contributed by atoms with Gasteiger partial charge in [-0.15, -0.1) is 0 Å². The van der Waals surface area contributed by atoms with Gasteiger partial charge in [-0.3, -0.25) is 4.40 Å². The molecule has 1 N–H and O–H groups in total. The van der Waals surface area contributed by atoms with Gasteiger partial charge in [0, 0.05) is 29.7 Å². The summed E-state index contributed by atoms with van der Waals surface area (Å²) in [6.45, 7) is 0. The Morgan fingerprint density at radius 2 is 1.73 bits per heavy atom. The molecule has 2 aromatic carbocycles. The number of nitrogens with one attached hydrogen (secondary N) is 1. The van der Waals surface area contributed by atoms with E-state index in [0.29, 0.717) is 17.3 Å². The monoisotopic (exact) mass is 346 g/mol. The lowest BCUT2D eigenvalue weighted by Crippen LogP contribution is -1.98. The first kappa shape index (κ1) is 16.0. The molecule has 0 unspecified atom stereocenters. The summed E-state index contributed by atoms with van der Waals surface area (Å²) in [6, 6.07) is 17.6. The molecule has 6 heteroatoms. The zero-order valence-corrected chi connectivity index (χ0v) is 14.5. The number of ether oxygens (including phenoxy) is 2. The van der Waals surface area contributed by atoms with Crippen LogP contribution >= 0.6 is 0 Å². The van der Waals surface area contributed by atoms with Crippen LogP contribution in [-0.2, 0) is 0 Å². The van der Waals surface area contributed by atoms with Crippen molar-refractivity contribution < 1.29 is 9.47 Å². The van der Waals surface area contributed by atoms with Crippen LogP contribution in [0, 0.1) is 0 Å². The molecule has 0 bridgehead atoms. The molecule has 2 aromatic heterocycles. The topological polar surface area (TPSA) is 60.7 Å². The SMILES string of the molecule is COc1ccc(Nc2c(-c3ccccc3)nc3ncccn23)cc1OC. The third kappa shape index (κ3) is 2.82. The Hall–Kier alpha value is -3.54. The Bertz CT molecular complexity index is 1040. The number of hydrogen-bond donors (Lipinski definition) is 1. The molecule has 0 aliphatic rings. The van der Waals surface area contributed by atoms with Gasteiger partial charge in [0.25, 0.3) is 0 Å². The van der Waals surface area contributed by atoms with Crippen LogP contribution in [0.15, 0.2) is 67.0 Å². The third-order valence-corrected chi connectivity index (χ3v) is 4.10. The summed E-state index contributed by atoms with van der Waals surface area (Å²) >= 11 is 0. The fourth-order valence-corrected chi connectivity index (χ4v) is 2.85. The second-order valence-electron chi connectivity index (χ2n) is 5.66. The van der Waals surface area contributed by atoms with Crippen molar-refractivity contribution in [3.63, 3.8) is 0 Å². The lowest BCUT2D eigenvalue weighted by Gasteiger charge is -2.12. The van der Waals surface area contributed by atoms with Gasteiger partial charge in [-0.25, -0.2) is 9.97 Å². The van der Waals surface area contributed by atoms with Crippen molar-refractivity contribution in [3.8, 4) is 22.8 Å². The first-order valence-corrected chi connectivity index (χ1v) is 8.17. The van der Waals surface area contributed by atoms with Gasteiger partial charge in [0.2, 0.25) is 5.78 Å². The smallest absolute Gasteiger partial charge is 0.235 e. The summed E-state index contributed by atoms with van der Waals surface area (Å²) in [5, 5.41) is 3.44. The molecule has 0 aliphatic heterocycles. The highest BCUT2D eigenvalue weighted by atomic mass is 16.5. The molecule has 2 heterocycles. The Labute approximate surface area is 151 Å². The van der Waals surface area contributed by atoms with Crippen LogP contribution in [0.25, 0.3) is 17.0 Å². The normalized spacial score (nSPS) is 10.7. The first-order valence-electron chi connectivity index (χ1n) is 8.17. The van der Waals surface area contributed by atoms with Crippen LogP contribution in [0.4, 0.5) is 11.5 Å². The number of nitrogens with zero attached hydrogens (tertiary/aromatic N) is 3. The minimum atomic E-state index is 0.634. The predicted octanol–water partition coefficient (Wildman–Crippen LogP) is 4.16. The van der Waals surface area contributed by atoms with E-state index in [2.05, 4.69) is 15.3 Å². The molecule has 0 atom stereocenters. The molecule has 0 radical (unpaired) electrons. The summed E-state index contributed by atoms with van der Waals surface area (Å²) in [4.78, 5) is 9.05. The van der Waals surface area contributed by atoms with E-state index in [1.807, 2.05) is 65.2 Å². The van der Waals surface area contributed by atoms with E-state index in [-0.39, 0.29) is 0 Å². The summed E-state index contributed by atoms with van der Waals surface area (Å²) in [5.41, 5.74) is 2.71. The van der Waals surface area contributed by atoms with E-state index < -0.39 is 0 Å². The second-order valence-corrected chi connectivity index (χ2v) is 5.66. The van der Waals surface area contributed by atoms with Crippen molar-refractivity contribution in [2.45, 2.75) is 0 Å². The van der Waals surface area contributed by atoms with E-state index in [1.54, 1.807) is 20.4 Å². The number of aromatic nitrogens is 3. The Balaban J connectivity index is 1.83. The molecule has 0 saturated heterocycles. The molecule has 26 heavy (non-hydrogen) atoms. The van der Waals surface area contributed by atoms with Gasteiger partial charge >= 0.3 is 0 Å². The molecule has 0 fully saturated rings. The second kappa shape index (κ2) is 6.76. The number of imidazole rings is 1. The van der Waals surface area contributed by atoms with Crippen molar-refractivity contribution >= 4 is 17.3 Å². The van der Waals surface area contributed by atoms with Gasteiger partial charge in [0.1, 0.15) is 11.5 Å². The molecule has 0 amide bonds. The van der Waals surface area contributed by atoms with Crippen LogP contribution < -0.4 is 14.8 Å². The van der Waals surface area contributed by atoms with Gasteiger partial charge in [0.15, 0.2) is 11.5 Å². The quantitative estimate of drug-likeness (QED) is 0.588. The van der Waals surface area contributed by atoms with E-state index in [4.69, 9.17) is 9.47 Å². The average Bonchev–Trinajstić information content (AvgIpc) is 3.07. The lowest BCUT2D eigenvalue weighted by atomic mass is 10.1. The van der Waals surface area contributed by atoms with Gasteiger partial charge in [-0.2, -0.15) is 0 Å². The van der Waals surface area contributed by atoms with Crippen LogP contribution in [0.1, 0.15) is 0 Å². The fraction of sp³-hybridized carbons (Fsp3) is 0.100. The molecule has 4 rings (SSSR count). The summed E-state index contributed by atoms with van der Waals surface area (Å²) in [5.74, 6) is 2.81. The summed E-state index contributed by atoms with van der Waals surface area (Å²) in [6.07, 6.45) is 3.67. The van der Waals surface area contributed by atoms with Gasteiger partial charge in [0.05, 0.1) is 14.2 Å². The third-order valence-electron chi connectivity index (χ3n) is 4.10. The van der Waals surface area contributed by atoms with Crippen molar-refractivity contribution in [3.05, 3.63) is 67.0 Å². The number of benzene rings is 2. The number of anilines is 2. The predicted molar refractivity (Wildman–Crippen MR) is 101 cm³/mol. The van der Waals surface area contributed by atoms with Crippen LogP contribution in [-0.4, -0.2) is 28.6 Å². The zero-order valence-electron chi connectivity index (χ0n) is 14.5. The molecular formula is C20H18N4O2. The van der Waals surface area contributed by atoms with Crippen LogP contribution in [0.3, 0.4) is 0 Å². The maximum Gasteiger partial charge on any atom is 0.235 e. The number of methoxy groups -OCH3 is 2. The molecule has 4 aromatic rings. The van der Waals surface area contributed by atoms with Crippen LogP contribution in [0.2, 0.25) is 0 Å². The number of rotatable bonds is 5. The minimum Gasteiger partial charge on any atom is -0.493 e. The van der Waals surface area contributed by atoms with Gasteiger partial charge in [-0.1, -0.05) is 30.3 Å². The highest BCUT2D eigenvalue weighted by Crippen LogP contribution is 2.34. The highest BCUT2D eigenvalue weighted by molar-refractivity contribution is 5.79. The van der Waals surface area contributed by atoms with Gasteiger partial charge < -0.3 is 14.8 Å². The largest absolute Gasteiger partial charge is 0.493 e. The molecule has 130 valence electrons. The Kier molecular flexibility index (Phi) is 4.15. The lowest BCUT2D eigenvalue weighted by molar-refractivity contribution is 0.355. The molecule has 0 saturated carbocycles. The first-order chi connectivity index (χ1) is 12.8. The van der Waals surface area contributed by atoms with Gasteiger partial charge in [-0.05, 0) is 18.2 Å². The number of hydrogen-bond acceptors (Lipinski definition) is 5. The van der Waals surface area contributed by atoms with Crippen LogP contribution in [0.5, 0.6) is 11.5 Å². The Morgan fingerprint density at radius 3 is 2.50 bits per heavy atom. The zero-order chi connectivity index (χ0) is 17.9. The van der Waals surface area contributed by atoms with Crippen molar-refractivity contribution in [1.29, 1.82) is 0 Å². The summed E-state index contributed by atoms with van der Waals surface area (Å²) < 4.78 is 12.6. The molecule has 0 aliphatic carbocycles. The maximum atomic E-state index is 5.40. The highest BCUT2D eigenvalue weighted by Gasteiger charge is 2.15. The van der Waals surface area contributed by atoms with Crippen molar-refractivity contribution in [2.24, 2.45) is 0 Å². The molecule has 0 spiro atoms. The van der Waals surface area contributed by atoms with E-state index >= 15 is 0 Å². The van der Waals surface area contributed by atoms with E-state index in [1.165, 1.54) is 0 Å². The van der Waals surface area contributed by atoms with Crippen molar-refractivity contribution in [2.75, 3.05) is 19.5 Å². The Morgan fingerprint density at radius 1 is 0.923 bits per heavy atom. The minimum absolute atomic E-state index is 0.634. The van der Waals surface area contributed by atoms with E-state index in [0.717, 1.165) is 22.8 Å². The van der Waals surface area contributed by atoms with E-state index in [9.17, 15) is 0 Å². The number of fused-ring (bicyclic) bond motifs is 1. The molecule has 6 nitrogen and oxygen atoms in total.